The quantitative estimate of drug-likeness (QED) is 0.319. The maximum Gasteiger partial charge on any atom is 0.262 e. The van der Waals surface area contributed by atoms with E-state index in [0.717, 1.165) is 19.3 Å². The Labute approximate surface area is 239 Å². The molecule has 1 saturated heterocycles. The van der Waals surface area contributed by atoms with Gasteiger partial charge in [-0.2, -0.15) is 0 Å². The molecule has 1 aliphatic heterocycles. The van der Waals surface area contributed by atoms with Gasteiger partial charge in [0.1, 0.15) is 11.5 Å². The molecular weight excluding hydrogens is 575 g/mol. The second kappa shape index (κ2) is 12.4. The molecule has 0 radical (unpaired) electrons. The molecule has 1 amide bonds. The molecular formula is C27H31N3O7S3. The fourth-order valence-corrected chi connectivity index (χ4v) is 7.02. The van der Waals surface area contributed by atoms with Crippen LogP contribution in [0.4, 0.5) is 11.4 Å². The predicted molar refractivity (Wildman–Crippen MR) is 156 cm³/mol. The average Bonchev–Trinajstić information content (AvgIpc) is 2.96. The summed E-state index contributed by atoms with van der Waals surface area (Å²) in [5, 5.41) is 0. The standard InChI is InChI=1S/C27H31N3O7S3/c1-36-20-9-13-25(37-2)24(17-20)29-39(32,33)21-10-7-19(8-11-21)28-40(34,35)22-12-14-26(38-3)23(18-22)27(31)30-15-5-4-6-16-30/h7-14,17-18,28-29H,4-6,15-16H2,1-3H3. The van der Waals surface area contributed by atoms with Gasteiger partial charge < -0.3 is 14.4 Å². The van der Waals surface area contributed by atoms with Crippen LogP contribution in [0.25, 0.3) is 0 Å². The molecule has 0 atom stereocenters. The van der Waals surface area contributed by atoms with Crippen LogP contribution in [0.1, 0.15) is 29.6 Å². The number of rotatable bonds is 10. The minimum Gasteiger partial charge on any atom is -0.497 e. The SMILES string of the molecule is COc1ccc(OC)c(NS(=O)(=O)c2ccc(NS(=O)(=O)c3ccc(SC)c(C(=O)N4CCCCC4)c3)cc2)c1. The zero-order valence-electron chi connectivity index (χ0n) is 22.3. The van der Waals surface area contributed by atoms with E-state index in [1.54, 1.807) is 23.1 Å². The van der Waals surface area contributed by atoms with Gasteiger partial charge in [0.15, 0.2) is 0 Å². The molecule has 2 N–H and O–H groups in total. The van der Waals surface area contributed by atoms with Gasteiger partial charge in [-0.15, -0.1) is 11.8 Å². The lowest BCUT2D eigenvalue weighted by Crippen LogP contribution is -2.36. The molecule has 0 aromatic heterocycles. The summed E-state index contributed by atoms with van der Waals surface area (Å²) >= 11 is 1.38. The fraction of sp³-hybridized carbons (Fsp3) is 0.296. The Morgan fingerprint density at radius 3 is 2.08 bits per heavy atom. The summed E-state index contributed by atoms with van der Waals surface area (Å²) in [5.41, 5.74) is 0.698. The number of thioether (sulfide) groups is 1. The Bertz CT molecular complexity index is 1590. The van der Waals surface area contributed by atoms with Crippen LogP contribution < -0.4 is 18.9 Å². The van der Waals surface area contributed by atoms with Crippen molar-refractivity contribution in [2.75, 3.05) is 43.0 Å². The van der Waals surface area contributed by atoms with E-state index in [2.05, 4.69) is 9.44 Å². The van der Waals surface area contributed by atoms with Gasteiger partial charge in [-0.25, -0.2) is 16.8 Å². The van der Waals surface area contributed by atoms with Gasteiger partial charge in [-0.3, -0.25) is 14.2 Å². The maximum absolute atomic E-state index is 13.2. The lowest BCUT2D eigenvalue weighted by Gasteiger charge is -2.27. The van der Waals surface area contributed by atoms with Crippen molar-refractivity contribution in [1.29, 1.82) is 0 Å². The van der Waals surface area contributed by atoms with Gasteiger partial charge in [0.2, 0.25) is 0 Å². The second-order valence-electron chi connectivity index (χ2n) is 9.02. The number of methoxy groups -OCH3 is 2. The number of hydrogen-bond acceptors (Lipinski definition) is 8. The number of benzene rings is 3. The number of nitrogens with one attached hydrogen (secondary N) is 2. The minimum absolute atomic E-state index is 0.0610. The summed E-state index contributed by atoms with van der Waals surface area (Å²) in [7, 11) is -5.21. The first-order valence-electron chi connectivity index (χ1n) is 12.4. The zero-order valence-corrected chi connectivity index (χ0v) is 24.8. The molecule has 1 heterocycles. The van der Waals surface area contributed by atoms with Gasteiger partial charge in [-0.05, 0) is 80.1 Å². The molecule has 1 aliphatic rings. The van der Waals surface area contributed by atoms with E-state index in [1.165, 1.54) is 68.4 Å². The molecule has 40 heavy (non-hydrogen) atoms. The van der Waals surface area contributed by atoms with Crippen LogP contribution in [0.5, 0.6) is 11.5 Å². The minimum atomic E-state index is -4.06. The number of carbonyl (C=O) groups is 1. The molecule has 3 aromatic rings. The number of anilines is 2. The van der Waals surface area contributed by atoms with Gasteiger partial charge in [0, 0.05) is 29.7 Å². The van der Waals surface area contributed by atoms with Crippen molar-refractivity contribution in [3.05, 3.63) is 66.2 Å². The molecule has 0 unspecified atom stereocenters. The van der Waals surface area contributed by atoms with Gasteiger partial charge in [0.05, 0.1) is 35.3 Å². The summed E-state index contributed by atoms with van der Waals surface area (Å²) in [5.74, 6) is 0.560. The van der Waals surface area contributed by atoms with E-state index in [1.807, 2.05) is 6.26 Å². The third kappa shape index (κ3) is 6.65. The fourth-order valence-electron chi connectivity index (χ4n) is 4.30. The number of carbonyl (C=O) groups excluding carboxylic acids is 1. The third-order valence-electron chi connectivity index (χ3n) is 6.42. The van der Waals surface area contributed by atoms with E-state index in [9.17, 15) is 21.6 Å². The molecule has 4 rings (SSSR count). The second-order valence-corrected chi connectivity index (χ2v) is 13.2. The van der Waals surface area contributed by atoms with Gasteiger partial charge in [-0.1, -0.05) is 0 Å². The van der Waals surface area contributed by atoms with Gasteiger partial charge >= 0.3 is 0 Å². The summed E-state index contributed by atoms with van der Waals surface area (Å²) in [6, 6.07) is 14.5. The highest BCUT2D eigenvalue weighted by Gasteiger charge is 2.24. The number of hydrogen-bond donors (Lipinski definition) is 2. The summed E-state index contributed by atoms with van der Waals surface area (Å²) in [6.45, 7) is 1.30. The van der Waals surface area contributed by atoms with Crippen molar-refractivity contribution in [2.45, 2.75) is 33.9 Å². The number of nitrogens with zero attached hydrogens (tertiary/aromatic N) is 1. The number of amides is 1. The first-order valence-corrected chi connectivity index (χ1v) is 16.6. The number of likely N-dealkylation sites (tertiary alicyclic amines) is 1. The molecule has 13 heteroatoms. The Morgan fingerprint density at radius 1 is 0.800 bits per heavy atom. The average molecular weight is 606 g/mol. The lowest BCUT2D eigenvalue weighted by atomic mass is 10.1. The smallest absolute Gasteiger partial charge is 0.262 e. The molecule has 0 bridgehead atoms. The topological polar surface area (TPSA) is 131 Å². The maximum atomic E-state index is 13.2. The van der Waals surface area contributed by atoms with Crippen LogP contribution in [-0.4, -0.2) is 61.2 Å². The van der Waals surface area contributed by atoms with E-state index < -0.39 is 20.0 Å². The summed E-state index contributed by atoms with van der Waals surface area (Å²) < 4.78 is 67.7. The Kier molecular flexibility index (Phi) is 9.16. The van der Waals surface area contributed by atoms with Crippen molar-refractivity contribution in [1.82, 2.24) is 4.90 Å². The molecule has 0 aliphatic carbocycles. The molecule has 0 spiro atoms. The number of ether oxygens (including phenoxy) is 2. The van der Waals surface area contributed by atoms with Crippen molar-refractivity contribution < 1.29 is 31.1 Å². The van der Waals surface area contributed by atoms with Gasteiger partial charge in [0.25, 0.3) is 26.0 Å². The Hall–Kier alpha value is -3.42. The van der Waals surface area contributed by atoms with Crippen LogP contribution in [-0.2, 0) is 20.0 Å². The van der Waals surface area contributed by atoms with Crippen molar-refractivity contribution in [3.8, 4) is 11.5 Å². The van der Waals surface area contributed by atoms with Crippen molar-refractivity contribution >= 4 is 49.1 Å². The Balaban J connectivity index is 1.54. The zero-order chi connectivity index (χ0) is 28.9. The highest BCUT2D eigenvalue weighted by molar-refractivity contribution is 7.98. The van der Waals surface area contributed by atoms with Crippen LogP contribution in [0, 0.1) is 0 Å². The monoisotopic (exact) mass is 605 g/mol. The molecule has 3 aromatic carbocycles. The summed E-state index contributed by atoms with van der Waals surface area (Å²) in [6.07, 6.45) is 4.76. The largest absolute Gasteiger partial charge is 0.497 e. The Morgan fingerprint density at radius 2 is 1.45 bits per heavy atom. The highest BCUT2D eigenvalue weighted by atomic mass is 32.2. The molecule has 214 valence electrons. The van der Waals surface area contributed by atoms with E-state index in [-0.39, 0.29) is 27.1 Å². The van der Waals surface area contributed by atoms with Crippen LogP contribution >= 0.6 is 11.8 Å². The van der Waals surface area contributed by atoms with Crippen molar-refractivity contribution in [3.63, 3.8) is 0 Å². The van der Waals surface area contributed by atoms with Crippen LogP contribution in [0.15, 0.2) is 75.4 Å². The van der Waals surface area contributed by atoms with E-state index >= 15 is 0 Å². The summed E-state index contributed by atoms with van der Waals surface area (Å²) in [4.78, 5) is 15.5. The van der Waals surface area contributed by atoms with Crippen molar-refractivity contribution in [2.24, 2.45) is 0 Å². The van der Waals surface area contributed by atoms with Crippen LogP contribution in [0.2, 0.25) is 0 Å². The first kappa shape index (κ1) is 29.6. The molecule has 0 saturated carbocycles. The van der Waals surface area contributed by atoms with E-state index in [4.69, 9.17) is 9.47 Å². The number of piperidine rings is 1. The van der Waals surface area contributed by atoms with Crippen LogP contribution in [0.3, 0.4) is 0 Å². The number of sulfonamides is 2. The highest BCUT2D eigenvalue weighted by Crippen LogP contribution is 2.31. The lowest BCUT2D eigenvalue weighted by molar-refractivity contribution is 0.0720. The normalized spacial score (nSPS) is 13.9. The predicted octanol–water partition coefficient (Wildman–Crippen LogP) is 4.65. The molecule has 10 nitrogen and oxygen atoms in total. The molecule has 1 fully saturated rings. The first-order chi connectivity index (χ1) is 19.1. The van der Waals surface area contributed by atoms with E-state index in [0.29, 0.717) is 35.0 Å². The third-order valence-corrected chi connectivity index (χ3v) is 9.98.